The minimum Gasteiger partial charge on any atom is -0.454 e. The van der Waals surface area contributed by atoms with Crippen LogP contribution in [-0.4, -0.2) is 84.7 Å². The van der Waals surface area contributed by atoms with Crippen molar-refractivity contribution in [3.05, 3.63) is 57.8 Å². The van der Waals surface area contributed by atoms with E-state index in [-0.39, 0.29) is 18.5 Å². The maximum atomic E-state index is 12.9. The van der Waals surface area contributed by atoms with Gasteiger partial charge in [0.15, 0.2) is 17.3 Å². The summed E-state index contributed by atoms with van der Waals surface area (Å²) in [6, 6.07) is 5.29. The van der Waals surface area contributed by atoms with Gasteiger partial charge < -0.3 is 24.5 Å². The molecule has 13 heteroatoms. The van der Waals surface area contributed by atoms with Gasteiger partial charge in [0.05, 0.1) is 12.2 Å². The van der Waals surface area contributed by atoms with E-state index in [9.17, 15) is 14.9 Å². The summed E-state index contributed by atoms with van der Waals surface area (Å²) in [5, 5.41) is 19.5. The molecule has 35 heavy (non-hydrogen) atoms. The number of ether oxygens (including phenoxy) is 2. The summed E-state index contributed by atoms with van der Waals surface area (Å²) in [6.07, 6.45) is 3.88. The number of fused-ring (bicyclic) bond motifs is 1. The number of hydrogen-bond donors (Lipinski definition) is 0. The number of aromatic nitrogens is 5. The van der Waals surface area contributed by atoms with Crippen LogP contribution in [0.2, 0.25) is 0 Å². The predicted octanol–water partition coefficient (Wildman–Crippen LogP) is 1.12. The highest BCUT2D eigenvalue weighted by Gasteiger charge is 2.24. The molecule has 2 aliphatic rings. The van der Waals surface area contributed by atoms with Gasteiger partial charge in [-0.1, -0.05) is 5.21 Å². The van der Waals surface area contributed by atoms with Crippen molar-refractivity contribution >= 4 is 11.7 Å². The van der Waals surface area contributed by atoms with E-state index in [0.29, 0.717) is 49.1 Å². The summed E-state index contributed by atoms with van der Waals surface area (Å²) in [5.74, 6) is 1.84. The number of amides is 1. The van der Waals surface area contributed by atoms with Crippen molar-refractivity contribution in [1.82, 2.24) is 34.3 Å². The third-order valence-electron chi connectivity index (χ3n) is 6.32. The first-order valence-electron chi connectivity index (χ1n) is 11.4. The number of nitro groups is 1. The van der Waals surface area contributed by atoms with Crippen LogP contribution in [0.3, 0.4) is 0 Å². The van der Waals surface area contributed by atoms with E-state index < -0.39 is 4.92 Å². The van der Waals surface area contributed by atoms with Crippen LogP contribution < -0.4 is 9.47 Å². The van der Waals surface area contributed by atoms with Crippen molar-refractivity contribution in [2.45, 2.75) is 26.4 Å². The number of imidazole rings is 1. The van der Waals surface area contributed by atoms with E-state index >= 15 is 0 Å². The van der Waals surface area contributed by atoms with Crippen molar-refractivity contribution in [2.24, 2.45) is 0 Å². The Morgan fingerprint density at radius 1 is 1.11 bits per heavy atom. The lowest BCUT2D eigenvalue weighted by Crippen LogP contribution is -2.49. The monoisotopic (exact) mass is 482 g/mol. The van der Waals surface area contributed by atoms with Crippen LogP contribution in [0.5, 0.6) is 11.5 Å². The van der Waals surface area contributed by atoms with Gasteiger partial charge in [-0.25, -0.2) is 14.2 Å². The summed E-state index contributed by atoms with van der Waals surface area (Å²) in [7, 11) is 0. The highest BCUT2D eigenvalue weighted by atomic mass is 16.7. The lowest BCUT2D eigenvalue weighted by atomic mass is 10.1. The fourth-order valence-electron chi connectivity index (χ4n) is 4.30. The molecule has 0 aliphatic carbocycles. The quantitative estimate of drug-likeness (QED) is 0.342. The first kappa shape index (κ1) is 22.8. The van der Waals surface area contributed by atoms with Crippen molar-refractivity contribution in [1.29, 1.82) is 0 Å². The summed E-state index contributed by atoms with van der Waals surface area (Å²) in [6.45, 7) is 6.48. The molecule has 0 spiro atoms. The number of nitrogens with zero attached hydrogens (tertiary/aromatic N) is 8. The highest BCUT2D eigenvalue weighted by Crippen LogP contribution is 2.32. The number of aryl methyl sites for hydroxylation is 2. The van der Waals surface area contributed by atoms with Crippen molar-refractivity contribution in [3.63, 3.8) is 0 Å². The smallest absolute Gasteiger partial charge is 0.342 e. The van der Waals surface area contributed by atoms with Gasteiger partial charge in [-0.3, -0.25) is 9.69 Å². The van der Waals surface area contributed by atoms with Crippen molar-refractivity contribution < 1.29 is 19.2 Å². The zero-order valence-electron chi connectivity index (χ0n) is 19.4. The maximum Gasteiger partial charge on any atom is 0.342 e. The average molecular weight is 483 g/mol. The van der Waals surface area contributed by atoms with Crippen LogP contribution in [0.4, 0.5) is 5.82 Å². The van der Waals surface area contributed by atoms with Gasteiger partial charge in [-0.15, -0.1) is 5.10 Å². The molecular weight excluding hydrogens is 456 g/mol. The van der Waals surface area contributed by atoms with Crippen molar-refractivity contribution in [3.8, 4) is 11.5 Å². The lowest BCUT2D eigenvalue weighted by Gasteiger charge is -2.34. The molecule has 0 bridgehead atoms. The SMILES string of the molecule is Cc1ncc([N+](=O)[O-])n1CCn1cc(CCN2CCN(C(=O)c3ccc4c(c3)OCO4)CC2)nn1. The minimum atomic E-state index is -0.435. The van der Waals surface area contributed by atoms with E-state index in [0.717, 1.165) is 31.7 Å². The largest absolute Gasteiger partial charge is 0.454 e. The Labute approximate surface area is 201 Å². The second-order valence-corrected chi connectivity index (χ2v) is 8.50. The van der Waals surface area contributed by atoms with E-state index in [2.05, 4.69) is 20.2 Å². The number of carbonyl (C=O) groups excluding carboxylic acids is 1. The number of piperazine rings is 1. The minimum absolute atomic E-state index is 0.000686. The molecule has 1 amide bonds. The molecule has 3 aromatic rings. The summed E-state index contributed by atoms with van der Waals surface area (Å²) < 4.78 is 13.9. The van der Waals surface area contributed by atoms with E-state index in [1.165, 1.54) is 6.20 Å². The molecule has 184 valence electrons. The molecule has 5 rings (SSSR count). The molecule has 0 saturated carbocycles. The van der Waals surface area contributed by atoms with E-state index in [1.54, 1.807) is 34.4 Å². The summed E-state index contributed by atoms with van der Waals surface area (Å²) in [4.78, 5) is 31.7. The Morgan fingerprint density at radius 2 is 1.91 bits per heavy atom. The average Bonchev–Trinajstić information content (AvgIpc) is 3.60. The van der Waals surface area contributed by atoms with Gasteiger partial charge in [0.25, 0.3) is 5.91 Å². The third kappa shape index (κ3) is 4.94. The summed E-state index contributed by atoms with van der Waals surface area (Å²) in [5.41, 5.74) is 1.47. The van der Waals surface area contributed by atoms with Gasteiger partial charge in [-0.05, 0) is 23.1 Å². The van der Waals surface area contributed by atoms with Crippen LogP contribution >= 0.6 is 0 Å². The number of carbonyl (C=O) groups is 1. The van der Waals surface area contributed by atoms with Crippen LogP contribution in [0, 0.1) is 17.0 Å². The van der Waals surface area contributed by atoms with Gasteiger partial charge in [0, 0.05) is 57.8 Å². The van der Waals surface area contributed by atoms with Crippen LogP contribution in [0.25, 0.3) is 0 Å². The Kier molecular flexibility index (Phi) is 6.31. The van der Waals surface area contributed by atoms with Crippen LogP contribution in [0.15, 0.2) is 30.6 Å². The first-order valence-corrected chi connectivity index (χ1v) is 11.4. The van der Waals surface area contributed by atoms with E-state index in [1.807, 2.05) is 11.1 Å². The van der Waals surface area contributed by atoms with Crippen LogP contribution in [-0.2, 0) is 19.5 Å². The molecule has 2 aliphatic heterocycles. The molecular formula is C22H26N8O5. The fraction of sp³-hybridized carbons (Fsp3) is 0.455. The highest BCUT2D eigenvalue weighted by molar-refractivity contribution is 5.95. The molecule has 2 aromatic heterocycles. The Bertz CT molecular complexity index is 1230. The van der Waals surface area contributed by atoms with Crippen molar-refractivity contribution in [2.75, 3.05) is 39.5 Å². The first-order chi connectivity index (χ1) is 17.0. The molecule has 13 nitrogen and oxygen atoms in total. The summed E-state index contributed by atoms with van der Waals surface area (Å²) >= 11 is 0. The molecule has 1 aromatic carbocycles. The number of rotatable bonds is 8. The second kappa shape index (κ2) is 9.70. The predicted molar refractivity (Wildman–Crippen MR) is 122 cm³/mol. The third-order valence-corrected chi connectivity index (χ3v) is 6.32. The Hall–Kier alpha value is -4.00. The fourth-order valence-corrected chi connectivity index (χ4v) is 4.30. The van der Waals surface area contributed by atoms with Gasteiger partial charge in [0.2, 0.25) is 6.79 Å². The molecule has 1 saturated heterocycles. The van der Waals surface area contributed by atoms with Gasteiger partial charge in [-0.2, -0.15) is 0 Å². The Balaban J connectivity index is 1.08. The van der Waals surface area contributed by atoms with E-state index in [4.69, 9.17) is 9.47 Å². The number of hydrogen-bond acceptors (Lipinski definition) is 9. The van der Waals surface area contributed by atoms with Crippen LogP contribution in [0.1, 0.15) is 21.9 Å². The van der Waals surface area contributed by atoms with Gasteiger partial charge in [0.1, 0.15) is 12.7 Å². The zero-order chi connectivity index (χ0) is 24.4. The maximum absolute atomic E-state index is 12.9. The molecule has 0 unspecified atom stereocenters. The molecule has 0 radical (unpaired) electrons. The number of benzene rings is 1. The molecule has 1 fully saturated rings. The lowest BCUT2D eigenvalue weighted by molar-refractivity contribution is -0.392. The second-order valence-electron chi connectivity index (χ2n) is 8.50. The standard InChI is InChI=1S/C22H26N8O5/c1-16-23-13-21(30(32)33)29(16)11-10-28-14-18(24-25-28)4-5-26-6-8-27(9-7-26)22(31)17-2-3-19-20(12-17)35-15-34-19/h2-3,12-14H,4-11,15H2,1H3. The van der Waals surface area contributed by atoms with Gasteiger partial charge >= 0.3 is 5.82 Å². The Morgan fingerprint density at radius 3 is 2.71 bits per heavy atom. The normalized spacial score (nSPS) is 15.5. The topological polar surface area (TPSA) is 134 Å². The molecule has 0 atom stereocenters. The molecule has 0 N–H and O–H groups in total. The molecule has 4 heterocycles. The zero-order valence-corrected chi connectivity index (χ0v) is 19.4.